The summed E-state index contributed by atoms with van der Waals surface area (Å²) in [6.07, 6.45) is 4.67. The molecule has 0 saturated carbocycles. The van der Waals surface area contributed by atoms with Gasteiger partial charge in [0.25, 0.3) is 0 Å². The van der Waals surface area contributed by atoms with Crippen molar-refractivity contribution in [1.82, 2.24) is 10.2 Å². The second kappa shape index (κ2) is 6.96. The summed E-state index contributed by atoms with van der Waals surface area (Å²) in [5.74, 6) is -0.940. The van der Waals surface area contributed by atoms with Gasteiger partial charge in [-0.2, -0.15) is 0 Å². The van der Waals surface area contributed by atoms with E-state index in [9.17, 15) is 8.78 Å². The van der Waals surface area contributed by atoms with Gasteiger partial charge >= 0.3 is 0 Å². The van der Waals surface area contributed by atoms with Gasteiger partial charge in [0.1, 0.15) is 11.6 Å². The van der Waals surface area contributed by atoms with Gasteiger partial charge in [0, 0.05) is 24.2 Å². The van der Waals surface area contributed by atoms with E-state index in [0.717, 1.165) is 25.6 Å². The van der Waals surface area contributed by atoms with Crippen LogP contribution in [0.15, 0.2) is 18.2 Å². The SMILES string of the molecule is CNCCC1CCCCN1Cc1ccc(F)cc1F. The topological polar surface area (TPSA) is 15.3 Å². The molecule has 1 aliphatic rings. The maximum absolute atomic E-state index is 13.7. The molecule has 0 spiro atoms. The molecule has 1 unspecified atom stereocenters. The lowest BCUT2D eigenvalue weighted by atomic mass is 9.98. The minimum absolute atomic E-state index is 0.432. The molecule has 1 heterocycles. The third kappa shape index (κ3) is 3.98. The van der Waals surface area contributed by atoms with Crippen molar-refractivity contribution in [3.8, 4) is 0 Å². The van der Waals surface area contributed by atoms with Crippen LogP contribution in [-0.2, 0) is 6.54 Å². The van der Waals surface area contributed by atoms with Crippen molar-refractivity contribution in [1.29, 1.82) is 0 Å². The molecular weight excluding hydrogens is 246 g/mol. The van der Waals surface area contributed by atoms with Crippen LogP contribution < -0.4 is 5.32 Å². The standard InChI is InChI=1S/C15H22F2N2/c1-18-8-7-14-4-2-3-9-19(14)11-12-5-6-13(16)10-15(12)17/h5-6,10,14,18H,2-4,7-9,11H2,1H3. The molecule has 1 aliphatic heterocycles. The van der Waals surface area contributed by atoms with Crippen molar-refractivity contribution in [3.63, 3.8) is 0 Å². The molecule has 2 rings (SSSR count). The van der Waals surface area contributed by atoms with Gasteiger partial charge in [-0.1, -0.05) is 12.5 Å². The minimum atomic E-state index is -0.508. The van der Waals surface area contributed by atoms with Crippen LogP contribution >= 0.6 is 0 Å². The molecule has 0 aliphatic carbocycles. The van der Waals surface area contributed by atoms with E-state index in [2.05, 4.69) is 10.2 Å². The van der Waals surface area contributed by atoms with E-state index >= 15 is 0 Å². The van der Waals surface area contributed by atoms with E-state index < -0.39 is 11.6 Å². The summed E-state index contributed by atoms with van der Waals surface area (Å²) >= 11 is 0. The molecule has 0 amide bonds. The van der Waals surface area contributed by atoms with Gasteiger partial charge in [0.05, 0.1) is 0 Å². The summed E-state index contributed by atoms with van der Waals surface area (Å²) < 4.78 is 26.6. The number of likely N-dealkylation sites (tertiary alicyclic amines) is 1. The Hall–Kier alpha value is -1.00. The number of rotatable bonds is 5. The van der Waals surface area contributed by atoms with Crippen LogP contribution in [0.5, 0.6) is 0 Å². The Labute approximate surface area is 113 Å². The van der Waals surface area contributed by atoms with Gasteiger partial charge < -0.3 is 5.32 Å². The van der Waals surface area contributed by atoms with Crippen molar-refractivity contribution >= 4 is 0 Å². The van der Waals surface area contributed by atoms with E-state index in [1.54, 1.807) is 6.07 Å². The highest BCUT2D eigenvalue weighted by Crippen LogP contribution is 2.22. The number of nitrogens with one attached hydrogen (secondary N) is 1. The molecule has 19 heavy (non-hydrogen) atoms. The predicted octanol–water partition coefficient (Wildman–Crippen LogP) is 2.93. The van der Waals surface area contributed by atoms with Gasteiger partial charge in [-0.15, -0.1) is 0 Å². The quantitative estimate of drug-likeness (QED) is 0.883. The van der Waals surface area contributed by atoms with Crippen LogP contribution in [-0.4, -0.2) is 31.1 Å². The van der Waals surface area contributed by atoms with Gasteiger partial charge in [0.2, 0.25) is 0 Å². The largest absolute Gasteiger partial charge is 0.320 e. The van der Waals surface area contributed by atoms with E-state index in [-0.39, 0.29) is 0 Å². The van der Waals surface area contributed by atoms with Crippen molar-refractivity contribution in [2.75, 3.05) is 20.1 Å². The summed E-state index contributed by atoms with van der Waals surface area (Å²) in [5, 5.41) is 3.17. The van der Waals surface area contributed by atoms with Crippen LogP contribution in [0.4, 0.5) is 8.78 Å². The Morgan fingerprint density at radius 2 is 2.16 bits per heavy atom. The van der Waals surface area contributed by atoms with E-state index in [1.807, 2.05) is 7.05 Å². The van der Waals surface area contributed by atoms with Gasteiger partial charge in [-0.3, -0.25) is 4.90 Å². The molecule has 4 heteroatoms. The van der Waals surface area contributed by atoms with Crippen LogP contribution in [0.1, 0.15) is 31.2 Å². The molecule has 1 saturated heterocycles. The molecule has 1 fully saturated rings. The molecule has 106 valence electrons. The maximum Gasteiger partial charge on any atom is 0.130 e. The molecule has 1 atom stereocenters. The average Bonchev–Trinajstić information content (AvgIpc) is 2.41. The van der Waals surface area contributed by atoms with Crippen LogP contribution in [0.3, 0.4) is 0 Å². The zero-order valence-corrected chi connectivity index (χ0v) is 11.5. The summed E-state index contributed by atoms with van der Waals surface area (Å²) in [5.41, 5.74) is 0.595. The van der Waals surface area contributed by atoms with Crippen LogP contribution in [0.2, 0.25) is 0 Å². The first-order chi connectivity index (χ1) is 9.20. The molecule has 2 nitrogen and oxygen atoms in total. The summed E-state index contributed by atoms with van der Waals surface area (Å²) in [6, 6.07) is 4.38. The van der Waals surface area contributed by atoms with Crippen molar-refractivity contribution in [2.24, 2.45) is 0 Å². The van der Waals surface area contributed by atoms with Crippen molar-refractivity contribution in [2.45, 2.75) is 38.3 Å². The molecule has 0 radical (unpaired) electrons. The lowest BCUT2D eigenvalue weighted by Crippen LogP contribution is -2.40. The monoisotopic (exact) mass is 268 g/mol. The summed E-state index contributed by atoms with van der Waals surface area (Å²) in [4.78, 5) is 2.33. The summed E-state index contributed by atoms with van der Waals surface area (Å²) in [6.45, 7) is 2.57. The highest BCUT2D eigenvalue weighted by Gasteiger charge is 2.22. The van der Waals surface area contributed by atoms with Crippen LogP contribution in [0.25, 0.3) is 0 Å². The number of halogens is 2. The van der Waals surface area contributed by atoms with Crippen LogP contribution in [0, 0.1) is 11.6 Å². The van der Waals surface area contributed by atoms with Gasteiger partial charge in [-0.25, -0.2) is 8.78 Å². The van der Waals surface area contributed by atoms with Crippen molar-refractivity contribution in [3.05, 3.63) is 35.4 Å². The fourth-order valence-electron chi connectivity index (χ4n) is 2.77. The van der Waals surface area contributed by atoms with E-state index in [0.29, 0.717) is 18.2 Å². The smallest absolute Gasteiger partial charge is 0.130 e. The lowest BCUT2D eigenvalue weighted by Gasteiger charge is -2.36. The number of piperidine rings is 1. The molecular formula is C15H22F2N2. The Balaban J connectivity index is 2.02. The second-order valence-electron chi connectivity index (χ2n) is 5.25. The van der Waals surface area contributed by atoms with E-state index in [4.69, 9.17) is 0 Å². The molecule has 1 aromatic carbocycles. The molecule has 1 aromatic rings. The zero-order valence-electron chi connectivity index (χ0n) is 11.5. The van der Waals surface area contributed by atoms with Gasteiger partial charge in [0.15, 0.2) is 0 Å². The Morgan fingerprint density at radius 1 is 1.32 bits per heavy atom. The first kappa shape index (κ1) is 14.4. The van der Waals surface area contributed by atoms with Gasteiger partial charge in [-0.05, 0) is 45.5 Å². The minimum Gasteiger partial charge on any atom is -0.320 e. The Morgan fingerprint density at radius 3 is 2.89 bits per heavy atom. The average molecular weight is 268 g/mol. The first-order valence-corrected chi connectivity index (χ1v) is 7.03. The zero-order chi connectivity index (χ0) is 13.7. The highest BCUT2D eigenvalue weighted by atomic mass is 19.1. The Bertz CT molecular complexity index is 409. The third-order valence-corrected chi connectivity index (χ3v) is 3.87. The van der Waals surface area contributed by atoms with E-state index in [1.165, 1.54) is 25.3 Å². The Kier molecular flexibility index (Phi) is 5.28. The number of benzene rings is 1. The normalized spacial score (nSPS) is 20.7. The maximum atomic E-state index is 13.7. The predicted molar refractivity (Wildman–Crippen MR) is 73.0 cm³/mol. The number of nitrogens with zero attached hydrogens (tertiary/aromatic N) is 1. The second-order valence-corrected chi connectivity index (χ2v) is 5.25. The lowest BCUT2D eigenvalue weighted by molar-refractivity contribution is 0.131. The fraction of sp³-hybridized carbons (Fsp3) is 0.600. The molecule has 1 N–H and O–H groups in total. The highest BCUT2D eigenvalue weighted by molar-refractivity contribution is 5.18. The number of hydrogen-bond donors (Lipinski definition) is 1. The molecule has 0 bridgehead atoms. The number of hydrogen-bond acceptors (Lipinski definition) is 2. The molecule has 0 aromatic heterocycles. The van der Waals surface area contributed by atoms with Crippen molar-refractivity contribution < 1.29 is 8.78 Å². The third-order valence-electron chi connectivity index (χ3n) is 3.87. The fourth-order valence-corrected chi connectivity index (χ4v) is 2.77. The summed E-state index contributed by atoms with van der Waals surface area (Å²) in [7, 11) is 1.95. The first-order valence-electron chi connectivity index (χ1n) is 7.03.